The Balaban J connectivity index is 2.53. The molecule has 0 bridgehead atoms. The van der Waals surface area contributed by atoms with Crippen LogP contribution in [0.4, 0.5) is 0 Å². The average molecular weight is 277 g/mol. The predicted molar refractivity (Wildman–Crippen MR) is 63.5 cm³/mol. The van der Waals surface area contributed by atoms with Crippen molar-refractivity contribution in [2.24, 2.45) is 0 Å². The third-order valence-corrected chi connectivity index (χ3v) is 3.05. The zero-order valence-corrected chi connectivity index (χ0v) is 10.1. The molecule has 8 heteroatoms. The predicted octanol–water partition coefficient (Wildman–Crippen LogP) is -1.09. The van der Waals surface area contributed by atoms with Crippen molar-refractivity contribution in [3.8, 4) is 0 Å². The molecule has 1 aromatic heterocycles. The van der Waals surface area contributed by atoms with E-state index in [9.17, 15) is 20.1 Å². The van der Waals surface area contributed by atoms with Crippen LogP contribution in [0.25, 0.3) is 0 Å². The van der Waals surface area contributed by atoms with Crippen LogP contribution in [0.1, 0.15) is 17.3 Å². The summed E-state index contributed by atoms with van der Waals surface area (Å²) in [4.78, 5) is 14.1. The van der Waals surface area contributed by atoms with Gasteiger partial charge >= 0.3 is 5.69 Å². The van der Waals surface area contributed by atoms with Crippen molar-refractivity contribution in [1.82, 2.24) is 9.55 Å². The third kappa shape index (κ3) is 2.02. The molecule has 100 valence electrons. The summed E-state index contributed by atoms with van der Waals surface area (Å²) in [5.41, 5.74) is -2.86. The summed E-state index contributed by atoms with van der Waals surface area (Å²) < 4.78 is 27.7. The van der Waals surface area contributed by atoms with Gasteiger partial charge in [-0.1, -0.05) is 12.2 Å². The van der Waals surface area contributed by atoms with Crippen molar-refractivity contribution in [3.05, 3.63) is 27.4 Å². The summed E-state index contributed by atoms with van der Waals surface area (Å²) in [5.74, 6) is 0. The SMILES string of the molecule is [2H]c1cn([C@@H]2O[C@H](C([2H])([2H])O)[C@H](O)C2(C)O)c(=O)[nH]c1=S. The number of nitrogens with zero attached hydrogens (tertiary/aromatic N) is 1. The zero-order valence-electron chi connectivity index (χ0n) is 12.3. The van der Waals surface area contributed by atoms with Crippen molar-refractivity contribution in [1.29, 1.82) is 0 Å². The minimum absolute atomic E-state index is 0.108. The van der Waals surface area contributed by atoms with Gasteiger partial charge in [-0.2, -0.15) is 0 Å². The van der Waals surface area contributed by atoms with Crippen molar-refractivity contribution in [2.75, 3.05) is 6.56 Å². The van der Waals surface area contributed by atoms with Gasteiger partial charge in [0.05, 0.1) is 10.7 Å². The average Bonchev–Trinajstić information content (AvgIpc) is 2.56. The molecule has 4 N–H and O–H groups in total. The van der Waals surface area contributed by atoms with Crippen molar-refractivity contribution in [2.45, 2.75) is 31.0 Å². The topological polar surface area (TPSA) is 108 Å². The number of rotatable bonds is 2. The van der Waals surface area contributed by atoms with Crippen LogP contribution < -0.4 is 5.69 Å². The minimum atomic E-state index is -2.92. The van der Waals surface area contributed by atoms with Gasteiger partial charge in [0, 0.05) is 6.20 Å². The first kappa shape index (κ1) is 9.82. The van der Waals surface area contributed by atoms with Gasteiger partial charge in [0.1, 0.15) is 22.4 Å². The van der Waals surface area contributed by atoms with Gasteiger partial charge in [-0.15, -0.1) is 0 Å². The van der Waals surface area contributed by atoms with Crippen LogP contribution in [-0.4, -0.2) is 49.2 Å². The van der Waals surface area contributed by atoms with E-state index in [1.54, 1.807) is 0 Å². The Morgan fingerprint density at radius 2 is 2.50 bits per heavy atom. The summed E-state index contributed by atoms with van der Waals surface area (Å²) in [6.45, 7) is -1.79. The lowest BCUT2D eigenvalue weighted by molar-refractivity contribution is -0.0987. The lowest BCUT2D eigenvalue weighted by Gasteiger charge is -2.27. The maximum absolute atomic E-state index is 11.9. The first-order valence-electron chi connectivity index (χ1n) is 6.56. The highest BCUT2D eigenvalue weighted by atomic mass is 32.1. The molecule has 18 heavy (non-hydrogen) atoms. The highest BCUT2D eigenvalue weighted by molar-refractivity contribution is 7.71. The Labute approximate surface area is 111 Å². The zero-order chi connectivity index (χ0) is 16.2. The fourth-order valence-electron chi connectivity index (χ4n) is 1.81. The van der Waals surface area contributed by atoms with Gasteiger partial charge in [0.15, 0.2) is 6.23 Å². The van der Waals surface area contributed by atoms with E-state index in [4.69, 9.17) is 21.1 Å². The maximum Gasteiger partial charge on any atom is 0.328 e. The molecule has 0 spiro atoms. The third-order valence-electron chi connectivity index (χ3n) is 2.83. The van der Waals surface area contributed by atoms with E-state index in [1.807, 2.05) is 0 Å². The number of aromatic nitrogens is 2. The second-order valence-corrected chi connectivity index (χ2v) is 4.56. The normalized spacial score (nSPS) is 39.1. The molecule has 1 aliphatic rings. The van der Waals surface area contributed by atoms with Gasteiger partial charge in [0.25, 0.3) is 0 Å². The summed E-state index contributed by atoms with van der Waals surface area (Å²) in [5, 5.41) is 29.6. The molecule has 0 amide bonds. The number of aliphatic hydroxyl groups excluding tert-OH is 1. The van der Waals surface area contributed by atoms with E-state index in [1.165, 1.54) is 0 Å². The number of hydrogen-bond acceptors (Lipinski definition) is 6. The number of aliphatic hydroxyl groups is 3. The van der Waals surface area contributed by atoms with Crippen molar-refractivity contribution >= 4 is 12.2 Å². The van der Waals surface area contributed by atoms with Crippen LogP contribution in [0.3, 0.4) is 0 Å². The number of H-pyrrole nitrogens is 1. The molecule has 1 aromatic rings. The second-order valence-electron chi connectivity index (χ2n) is 4.15. The lowest BCUT2D eigenvalue weighted by atomic mass is 9.96. The Hall–Kier alpha value is -1.06. The largest absolute Gasteiger partial charge is 0.394 e. The number of nitrogens with one attached hydrogen (secondary N) is 1. The van der Waals surface area contributed by atoms with E-state index in [0.717, 1.165) is 17.7 Å². The first-order valence-corrected chi connectivity index (χ1v) is 5.47. The first-order chi connectivity index (χ1) is 9.46. The summed E-state index contributed by atoms with van der Waals surface area (Å²) in [7, 11) is 0. The molecule has 1 unspecified atom stereocenters. The highest BCUT2D eigenvalue weighted by Crippen LogP contribution is 2.37. The van der Waals surface area contributed by atoms with Gasteiger partial charge in [-0.25, -0.2) is 4.79 Å². The Morgan fingerprint density at radius 3 is 3.06 bits per heavy atom. The molecule has 4 atom stereocenters. The van der Waals surface area contributed by atoms with Crippen LogP contribution in [0.15, 0.2) is 17.0 Å². The Morgan fingerprint density at radius 1 is 1.83 bits per heavy atom. The van der Waals surface area contributed by atoms with E-state index in [2.05, 4.69) is 4.98 Å². The number of aromatic amines is 1. The Bertz CT molecular complexity index is 668. The molecule has 0 aliphatic carbocycles. The summed E-state index contributed by atoms with van der Waals surface area (Å²) in [6, 6.07) is -0.214. The molecule has 0 aromatic carbocycles. The van der Waals surface area contributed by atoms with Crippen LogP contribution in [0.2, 0.25) is 0 Å². The quantitative estimate of drug-likeness (QED) is 0.512. The van der Waals surface area contributed by atoms with Crippen molar-refractivity contribution < 1.29 is 24.2 Å². The molecule has 2 heterocycles. The van der Waals surface area contributed by atoms with Crippen LogP contribution in [0, 0.1) is 4.64 Å². The number of ether oxygens (including phenoxy) is 1. The van der Waals surface area contributed by atoms with Crippen LogP contribution >= 0.6 is 12.2 Å². The van der Waals surface area contributed by atoms with Crippen LogP contribution in [0.5, 0.6) is 0 Å². The molecule has 1 aliphatic heterocycles. The molecule has 0 radical (unpaired) electrons. The number of hydrogen-bond donors (Lipinski definition) is 4. The van der Waals surface area contributed by atoms with E-state index in [-0.39, 0.29) is 10.7 Å². The molecular weight excluding hydrogens is 260 g/mol. The van der Waals surface area contributed by atoms with Gasteiger partial charge < -0.3 is 20.1 Å². The fourth-order valence-corrected chi connectivity index (χ4v) is 1.95. The second kappa shape index (κ2) is 4.56. The molecule has 1 fully saturated rings. The van der Waals surface area contributed by atoms with Gasteiger partial charge in [-0.05, 0) is 13.0 Å². The van der Waals surface area contributed by atoms with E-state index >= 15 is 0 Å². The van der Waals surface area contributed by atoms with Gasteiger partial charge in [-0.3, -0.25) is 9.55 Å². The van der Waals surface area contributed by atoms with E-state index < -0.39 is 36.3 Å². The molecule has 7 nitrogen and oxygen atoms in total. The maximum atomic E-state index is 11.9. The fraction of sp³-hybridized carbons (Fsp3) is 0.600. The molecule has 2 rings (SSSR count). The van der Waals surface area contributed by atoms with Gasteiger partial charge in [0.2, 0.25) is 0 Å². The molecule has 0 saturated carbocycles. The molecule has 1 saturated heterocycles. The highest BCUT2D eigenvalue weighted by Gasteiger charge is 2.53. The smallest absolute Gasteiger partial charge is 0.328 e. The standard InChI is InChI=1S/C10H14N2O5S/c1-10(16)7(14)5(4-13)17-8(10)12-3-2-6(18)11-9(12)15/h2-3,5,7-8,13-14,16H,4H2,1H3,(H,11,15,18)/t5-,7+,8-,10?/m1/s1/i2D,4D2. The minimum Gasteiger partial charge on any atom is -0.394 e. The van der Waals surface area contributed by atoms with Crippen LogP contribution in [-0.2, 0) is 4.74 Å². The lowest BCUT2D eigenvalue weighted by Crippen LogP contribution is -2.46. The van der Waals surface area contributed by atoms with Crippen molar-refractivity contribution in [3.63, 3.8) is 0 Å². The summed E-state index contributed by atoms with van der Waals surface area (Å²) >= 11 is 4.73. The summed E-state index contributed by atoms with van der Waals surface area (Å²) in [6.07, 6.45) is -4.04. The molecular formula is C10H14N2O5S. The monoisotopic (exact) mass is 277 g/mol. The Kier molecular flexibility index (Phi) is 2.49. The van der Waals surface area contributed by atoms with E-state index in [0.29, 0.717) is 0 Å².